The number of alkyl halides is 6. The van der Waals surface area contributed by atoms with E-state index in [2.05, 4.69) is 0 Å². The normalized spacial score (nSPS) is 13.2. The molecule has 0 N–H and O–H groups in total. The van der Waals surface area contributed by atoms with Gasteiger partial charge >= 0.3 is 450 Å². The molecule has 0 fully saturated rings. The Labute approximate surface area is 447 Å². The molecule has 0 amide bonds. The van der Waals surface area contributed by atoms with Crippen LogP contribution in [0.2, 0.25) is 0 Å². The quantitative estimate of drug-likeness (QED) is 0.0548. The minimum absolute atomic E-state index is 0.0483. The second kappa shape index (κ2) is 20.6. The molecule has 0 aliphatic rings. The second-order valence-electron chi connectivity index (χ2n) is 18.4. The molecule has 11 rings (SSSR count). The van der Waals surface area contributed by atoms with Gasteiger partial charge in [-0.1, -0.05) is 0 Å². The van der Waals surface area contributed by atoms with E-state index in [1.54, 1.807) is 84.9 Å². The summed E-state index contributed by atoms with van der Waals surface area (Å²) in [6.45, 7) is 0. The Hall–Kier alpha value is -8.24. The van der Waals surface area contributed by atoms with Crippen molar-refractivity contribution in [3.05, 3.63) is 296 Å². The van der Waals surface area contributed by atoms with Gasteiger partial charge in [-0.2, -0.15) is 0 Å². The van der Waals surface area contributed by atoms with Crippen LogP contribution >= 0.6 is 14.1 Å². The van der Waals surface area contributed by atoms with Crippen LogP contribution in [0.1, 0.15) is 11.1 Å². The molecule has 0 bridgehead atoms. The summed E-state index contributed by atoms with van der Waals surface area (Å²) < 4.78 is 130. The summed E-state index contributed by atoms with van der Waals surface area (Å²) >= 11 is 0. The molecule has 78 heavy (non-hydrogen) atoms. The molecule has 0 aliphatic heterocycles. The molecule has 11 aromatic rings. The molecule has 0 saturated carbocycles. The Morgan fingerprint density at radius 3 is 0.859 bits per heavy atom. The van der Waals surface area contributed by atoms with Crippen LogP contribution in [0.3, 0.4) is 0 Å². The van der Waals surface area contributed by atoms with Crippen molar-refractivity contribution in [1.29, 1.82) is 0 Å². The van der Waals surface area contributed by atoms with Crippen LogP contribution < -0.4 is 45.5 Å². The van der Waals surface area contributed by atoms with Gasteiger partial charge in [-0.25, -0.2) is 0 Å². The van der Waals surface area contributed by atoms with Crippen LogP contribution in [0.15, 0.2) is 285 Å². The van der Waals surface area contributed by atoms with Gasteiger partial charge in [-0.3, -0.25) is 0 Å². The van der Waals surface area contributed by atoms with Crippen molar-refractivity contribution in [2.75, 3.05) is 0 Å². The number of hydrogen-bond donors (Lipinski definition) is 0. The summed E-state index contributed by atoms with van der Waals surface area (Å²) in [7, 11) is -13.4. The molecule has 0 aromatic heterocycles. The molecule has 0 unspecified atom stereocenters. The molecule has 0 spiro atoms. The standard InChI is InChI=1S/C64H47BF6O5P2/c66-63(67,68)50-45-51(64(69,70)71)47-52(46-50)72-65(75-77(53-29-7-1-8-30-53,54-31-9-2-10-32-54,55-33-11-3-12-34-55)73-61-43-23-27-48-25-19-21-41-59(48)61)76-78(56-35-13-4-14-36-56,57-37-15-5-16-38-57,58-39-17-6-18-40-58)74-62-44-24-28-49-26-20-22-42-60(49)62/h1-47H. The van der Waals surface area contributed by atoms with E-state index in [9.17, 15) is 0 Å². The van der Waals surface area contributed by atoms with Gasteiger partial charge in [0.2, 0.25) is 0 Å². The topological polar surface area (TPSA) is 46.2 Å². The minimum atomic E-state index is -5.52. The first-order chi connectivity index (χ1) is 37.8. The summed E-state index contributed by atoms with van der Waals surface area (Å²) in [5.41, 5.74) is -3.24. The van der Waals surface area contributed by atoms with Crippen molar-refractivity contribution in [1.82, 2.24) is 0 Å². The monoisotopic (exact) mass is 1080 g/mol. The molecule has 0 heterocycles. The van der Waals surface area contributed by atoms with Crippen LogP contribution in [-0.4, -0.2) is 7.32 Å². The summed E-state index contributed by atoms with van der Waals surface area (Å²) in [4.78, 5) is 0. The molecule has 5 nitrogen and oxygen atoms in total. The Morgan fingerprint density at radius 2 is 0.564 bits per heavy atom. The number of benzene rings is 11. The molecule has 0 radical (unpaired) electrons. The molecular weight excluding hydrogens is 1040 g/mol. The van der Waals surface area contributed by atoms with Gasteiger partial charge in [0.1, 0.15) is 0 Å². The van der Waals surface area contributed by atoms with E-state index in [0.29, 0.717) is 66.2 Å². The predicted octanol–water partition coefficient (Wildman–Crippen LogP) is 15.3. The van der Waals surface area contributed by atoms with E-state index in [-0.39, 0.29) is 6.07 Å². The third-order valence-corrected chi connectivity index (χ3v) is 23.4. The zero-order valence-corrected chi connectivity index (χ0v) is 43.2. The summed E-state index contributed by atoms with van der Waals surface area (Å²) in [5.74, 6) is -0.217. The van der Waals surface area contributed by atoms with Crippen LogP contribution in [0.5, 0.6) is 17.2 Å². The van der Waals surface area contributed by atoms with Crippen LogP contribution in [0.4, 0.5) is 26.3 Å². The van der Waals surface area contributed by atoms with Crippen LogP contribution in [-0.2, 0) is 21.2 Å². The molecule has 11 aromatic carbocycles. The third-order valence-electron chi connectivity index (χ3n) is 13.8. The van der Waals surface area contributed by atoms with E-state index in [1.807, 2.05) is 182 Å². The summed E-state index contributed by atoms with van der Waals surface area (Å²) in [6.07, 6.45) is -10.5. The average molecular weight is 1080 g/mol. The number of hydrogen-bond acceptors (Lipinski definition) is 5. The second-order valence-corrected chi connectivity index (χ2v) is 26.1. The van der Waals surface area contributed by atoms with Gasteiger partial charge in [0.25, 0.3) is 0 Å². The molecule has 0 aliphatic carbocycles. The van der Waals surface area contributed by atoms with Crippen LogP contribution in [0, 0.1) is 0 Å². The zero-order valence-electron chi connectivity index (χ0n) is 41.4. The SMILES string of the molecule is FC(F)(F)c1cc(OB(OP(Oc2cccc3ccccc23)(c2ccccc2)(c2ccccc2)c2ccccc2)OP(Oc2cccc3ccccc23)(c2ccccc2)(c2ccccc2)c2ccccc2)cc(C(F)(F)F)c1. The fraction of sp³-hybridized carbons (Fsp3) is 0.0312. The first-order valence-corrected chi connectivity index (χ1v) is 29.0. The average Bonchev–Trinajstić information content (AvgIpc) is 3.39. The van der Waals surface area contributed by atoms with Crippen molar-refractivity contribution in [3.63, 3.8) is 0 Å². The van der Waals surface area contributed by atoms with Crippen molar-refractivity contribution >= 4 is 74.8 Å². The Kier molecular flexibility index (Phi) is 13.7. The number of halogens is 6. The van der Waals surface area contributed by atoms with Crippen molar-refractivity contribution in [2.45, 2.75) is 12.4 Å². The summed E-state index contributed by atoms with van der Waals surface area (Å²) in [5, 5.41) is 5.53. The van der Waals surface area contributed by atoms with E-state index in [1.165, 1.54) is 0 Å². The zero-order chi connectivity index (χ0) is 53.9. The van der Waals surface area contributed by atoms with E-state index in [0.717, 1.165) is 10.8 Å². The molecule has 0 saturated heterocycles. The van der Waals surface area contributed by atoms with Crippen molar-refractivity contribution in [3.8, 4) is 17.2 Å². The van der Waals surface area contributed by atoms with Gasteiger partial charge in [-0.15, -0.1) is 0 Å². The predicted molar refractivity (Wildman–Crippen MR) is 304 cm³/mol. The van der Waals surface area contributed by atoms with Crippen molar-refractivity contribution < 1.29 is 48.9 Å². The summed E-state index contributed by atoms with van der Waals surface area (Å²) in [6, 6.07) is 81.8. The Morgan fingerprint density at radius 1 is 0.295 bits per heavy atom. The van der Waals surface area contributed by atoms with Gasteiger partial charge in [0, 0.05) is 0 Å². The Balaban J connectivity index is 1.33. The molecule has 388 valence electrons. The van der Waals surface area contributed by atoms with E-state index < -0.39 is 50.7 Å². The van der Waals surface area contributed by atoms with E-state index in [4.69, 9.17) is 22.6 Å². The van der Waals surface area contributed by atoms with E-state index >= 15 is 26.3 Å². The first kappa shape index (κ1) is 51.8. The fourth-order valence-corrected chi connectivity index (χ4v) is 19.7. The van der Waals surface area contributed by atoms with Gasteiger partial charge in [0.15, 0.2) is 0 Å². The fourth-order valence-electron chi connectivity index (χ4n) is 10.2. The van der Waals surface area contributed by atoms with Gasteiger partial charge in [-0.05, 0) is 0 Å². The van der Waals surface area contributed by atoms with Gasteiger partial charge in [0.05, 0.1) is 0 Å². The van der Waals surface area contributed by atoms with Crippen LogP contribution in [0.25, 0.3) is 21.5 Å². The number of rotatable bonds is 16. The molecular formula is C64H47BF6O5P2. The first-order valence-electron chi connectivity index (χ1n) is 24.9. The maximum absolute atomic E-state index is 15.1. The van der Waals surface area contributed by atoms with Gasteiger partial charge < -0.3 is 0 Å². The third kappa shape index (κ3) is 9.14. The maximum atomic E-state index is 15.1. The number of fused-ring (bicyclic) bond motifs is 2. The van der Waals surface area contributed by atoms with Crippen molar-refractivity contribution in [2.24, 2.45) is 0 Å². The molecule has 14 heteroatoms. The Bertz CT molecular complexity index is 3410. The molecule has 0 atom stereocenters.